The summed E-state index contributed by atoms with van der Waals surface area (Å²) in [6.45, 7) is 0.569. The molecule has 1 unspecified atom stereocenters. The highest BCUT2D eigenvalue weighted by molar-refractivity contribution is 7.13. The van der Waals surface area contributed by atoms with Crippen LogP contribution in [0.4, 0.5) is 0 Å². The van der Waals surface area contributed by atoms with Crippen LogP contribution in [0.5, 0.6) is 0 Å². The van der Waals surface area contributed by atoms with Gasteiger partial charge in [0.05, 0.1) is 12.1 Å². The van der Waals surface area contributed by atoms with Crippen LogP contribution >= 0.6 is 36.2 Å². The van der Waals surface area contributed by atoms with E-state index in [1.807, 2.05) is 35.7 Å². The highest BCUT2D eigenvalue weighted by Gasteiger charge is 2.28. The maximum atomic E-state index is 11.9. The molecule has 7 heteroatoms. The molecule has 0 spiro atoms. The Morgan fingerprint density at radius 3 is 2.65 bits per heavy atom. The largest absolute Gasteiger partial charge is 0.354 e. The SMILES string of the molecule is Cl.Cl.NC(CNC(=O)Cc1csc(-c2ccccc2)n1)C1CC1. The molecule has 0 aliphatic heterocycles. The van der Waals surface area contributed by atoms with Crippen LogP contribution in [0.1, 0.15) is 18.5 Å². The Bertz CT molecular complexity index is 617. The van der Waals surface area contributed by atoms with Gasteiger partial charge in [-0.3, -0.25) is 4.79 Å². The van der Waals surface area contributed by atoms with Crippen molar-refractivity contribution in [3.63, 3.8) is 0 Å². The summed E-state index contributed by atoms with van der Waals surface area (Å²) in [5.74, 6) is 0.602. The predicted octanol–water partition coefficient (Wildman–Crippen LogP) is 3.05. The van der Waals surface area contributed by atoms with Crippen molar-refractivity contribution in [1.82, 2.24) is 10.3 Å². The summed E-state index contributed by atoms with van der Waals surface area (Å²) in [4.78, 5) is 16.4. The standard InChI is InChI=1S/C16H19N3OS.2ClH/c17-14(11-6-7-11)9-18-15(20)8-13-10-21-16(19-13)12-4-2-1-3-5-12;;/h1-5,10-11,14H,6-9,17H2,(H,18,20);2*1H. The number of nitrogens with two attached hydrogens (primary N) is 1. The number of aromatic nitrogens is 1. The monoisotopic (exact) mass is 373 g/mol. The highest BCUT2D eigenvalue weighted by atomic mass is 35.5. The maximum absolute atomic E-state index is 11.9. The summed E-state index contributed by atoms with van der Waals surface area (Å²) in [6, 6.07) is 10.1. The topological polar surface area (TPSA) is 68.0 Å². The molecular formula is C16H21Cl2N3OS. The zero-order valence-electron chi connectivity index (χ0n) is 12.6. The van der Waals surface area contributed by atoms with E-state index in [1.54, 1.807) is 11.3 Å². The lowest BCUT2D eigenvalue weighted by Crippen LogP contribution is -2.39. The zero-order valence-corrected chi connectivity index (χ0v) is 15.1. The lowest BCUT2D eigenvalue weighted by molar-refractivity contribution is -0.120. The summed E-state index contributed by atoms with van der Waals surface area (Å²) >= 11 is 1.57. The molecule has 0 saturated heterocycles. The predicted molar refractivity (Wildman–Crippen MR) is 99.5 cm³/mol. The minimum absolute atomic E-state index is 0. The van der Waals surface area contributed by atoms with Crippen molar-refractivity contribution in [2.24, 2.45) is 11.7 Å². The lowest BCUT2D eigenvalue weighted by atomic mass is 10.2. The fourth-order valence-electron chi connectivity index (χ4n) is 2.25. The number of amides is 1. The summed E-state index contributed by atoms with van der Waals surface area (Å²) in [6.07, 6.45) is 2.72. The van der Waals surface area contributed by atoms with Crippen LogP contribution < -0.4 is 11.1 Å². The molecule has 1 aliphatic rings. The molecule has 1 amide bonds. The average molecular weight is 374 g/mol. The van der Waals surface area contributed by atoms with Crippen LogP contribution in [0, 0.1) is 5.92 Å². The molecule has 4 nitrogen and oxygen atoms in total. The van der Waals surface area contributed by atoms with Crippen molar-refractivity contribution in [1.29, 1.82) is 0 Å². The number of benzene rings is 1. The molecule has 3 rings (SSSR count). The molecule has 1 heterocycles. The van der Waals surface area contributed by atoms with E-state index in [-0.39, 0.29) is 36.8 Å². The number of hydrogen-bond acceptors (Lipinski definition) is 4. The molecule has 1 aliphatic carbocycles. The molecule has 126 valence electrons. The van der Waals surface area contributed by atoms with E-state index in [0.29, 0.717) is 18.9 Å². The quantitative estimate of drug-likeness (QED) is 0.817. The number of carbonyl (C=O) groups excluding carboxylic acids is 1. The smallest absolute Gasteiger partial charge is 0.226 e. The molecule has 1 aromatic heterocycles. The molecule has 0 radical (unpaired) electrons. The van der Waals surface area contributed by atoms with Gasteiger partial charge in [-0.05, 0) is 18.8 Å². The van der Waals surface area contributed by atoms with E-state index in [1.165, 1.54) is 12.8 Å². The van der Waals surface area contributed by atoms with Crippen molar-refractivity contribution < 1.29 is 4.79 Å². The van der Waals surface area contributed by atoms with Gasteiger partial charge in [-0.1, -0.05) is 30.3 Å². The van der Waals surface area contributed by atoms with Gasteiger partial charge < -0.3 is 11.1 Å². The van der Waals surface area contributed by atoms with Crippen LogP contribution in [0.15, 0.2) is 35.7 Å². The van der Waals surface area contributed by atoms with Crippen molar-refractivity contribution in [3.05, 3.63) is 41.4 Å². The molecule has 1 saturated carbocycles. The van der Waals surface area contributed by atoms with Crippen LogP contribution in [0.3, 0.4) is 0 Å². The number of nitrogens with zero attached hydrogens (tertiary/aromatic N) is 1. The first-order valence-corrected chi connectivity index (χ1v) is 8.12. The molecule has 23 heavy (non-hydrogen) atoms. The fraction of sp³-hybridized carbons (Fsp3) is 0.375. The van der Waals surface area contributed by atoms with Crippen LogP contribution in [0.25, 0.3) is 10.6 Å². The lowest BCUT2D eigenvalue weighted by Gasteiger charge is -2.10. The maximum Gasteiger partial charge on any atom is 0.226 e. The number of hydrogen-bond donors (Lipinski definition) is 2. The van der Waals surface area contributed by atoms with Gasteiger partial charge >= 0.3 is 0 Å². The second-order valence-electron chi connectivity index (χ2n) is 5.49. The molecular weight excluding hydrogens is 353 g/mol. The van der Waals surface area contributed by atoms with E-state index in [4.69, 9.17) is 5.73 Å². The number of thiazole rings is 1. The Balaban J connectivity index is 0.00000132. The van der Waals surface area contributed by atoms with E-state index >= 15 is 0 Å². The minimum Gasteiger partial charge on any atom is -0.354 e. The third-order valence-corrected chi connectivity index (χ3v) is 4.62. The first-order valence-electron chi connectivity index (χ1n) is 7.24. The van der Waals surface area contributed by atoms with Gasteiger partial charge in [-0.2, -0.15) is 0 Å². The van der Waals surface area contributed by atoms with Crippen molar-refractivity contribution >= 4 is 42.1 Å². The molecule has 1 atom stereocenters. The van der Waals surface area contributed by atoms with Crippen molar-refractivity contribution in [3.8, 4) is 10.6 Å². The Kier molecular flexibility index (Phi) is 7.99. The van der Waals surface area contributed by atoms with Crippen molar-refractivity contribution in [2.75, 3.05) is 6.54 Å². The van der Waals surface area contributed by atoms with Crippen molar-refractivity contribution in [2.45, 2.75) is 25.3 Å². The van der Waals surface area contributed by atoms with Gasteiger partial charge in [0.2, 0.25) is 5.91 Å². The van der Waals surface area contributed by atoms with E-state index in [9.17, 15) is 4.79 Å². The van der Waals surface area contributed by atoms with Gasteiger partial charge in [0.15, 0.2) is 0 Å². The third kappa shape index (κ3) is 5.77. The summed E-state index contributed by atoms with van der Waals surface area (Å²) in [7, 11) is 0. The van der Waals surface area contributed by atoms with Crippen LogP contribution in [0.2, 0.25) is 0 Å². The number of carbonyl (C=O) groups is 1. The van der Waals surface area contributed by atoms with Gasteiger partial charge in [0.1, 0.15) is 5.01 Å². The minimum atomic E-state index is -0.00369. The third-order valence-electron chi connectivity index (χ3n) is 3.68. The van der Waals surface area contributed by atoms with Crippen LogP contribution in [-0.4, -0.2) is 23.5 Å². The van der Waals surface area contributed by atoms with E-state index < -0.39 is 0 Å². The van der Waals surface area contributed by atoms with Gasteiger partial charge in [0, 0.05) is 23.5 Å². The fourth-order valence-corrected chi connectivity index (χ4v) is 3.08. The second kappa shape index (κ2) is 9.23. The molecule has 2 aromatic rings. The normalized spacial score (nSPS) is 14.3. The molecule has 0 bridgehead atoms. The Morgan fingerprint density at radius 1 is 1.30 bits per heavy atom. The van der Waals surface area contributed by atoms with E-state index in [0.717, 1.165) is 16.3 Å². The van der Waals surface area contributed by atoms with E-state index in [2.05, 4.69) is 10.3 Å². The first-order chi connectivity index (χ1) is 10.2. The summed E-state index contributed by atoms with van der Waals surface area (Å²) < 4.78 is 0. The summed E-state index contributed by atoms with van der Waals surface area (Å²) in [5.41, 5.74) is 7.88. The molecule has 3 N–H and O–H groups in total. The molecule has 1 aromatic carbocycles. The molecule has 1 fully saturated rings. The van der Waals surface area contributed by atoms with Gasteiger partial charge in [-0.25, -0.2) is 4.98 Å². The number of nitrogens with one attached hydrogen (secondary N) is 1. The number of rotatable bonds is 6. The zero-order chi connectivity index (χ0) is 14.7. The second-order valence-corrected chi connectivity index (χ2v) is 6.35. The Hall–Kier alpha value is -1.14. The van der Waals surface area contributed by atoms with Gasteiger partial charge in [0.25, 0.3) is 0 Å². The summed E-state index contributed by atoms with van der Waals surface area (Å²) in [5, 5.41) is 5.80. The van der Waals surface area contributed by atoms with Crippen LogP contribution in [-0.2, 0) is 11.2 Å². The number of halogens is 2. The highest BCUT2D eigenvalue weighted by Crippen LogP contribution is 2.31. The average Bonchev–Trinajstić information content (AvgIpc) is 3.26. The Morgan fingerprint density at radius 2 is 2.00 bits per heavy atom. The first kappa shape index (κ1) is 19.9. The van der Waals surface area contributed by atoms with Gasteiger partial charge in [-0.15, -0.1) is 36.2 Å². The Labute approximate surface area is 152 Å².